The standard InChI is InChI=1S/C16H31N3O/c1-2-11-18-13-7-9-15(10-8-13)19(12-16(17)20)14-5-3-4-6-14/h13-15,18H,2-12H2,1H3,(H2,17,20). The second kappa shape index (κ2) is 7.99. The molecule has 116 valence electrons. The van der Waals surface area contributed by atoms with E-state index in [-0.39, 0.29) is 5.91 Å². The molecule has 2 fully saturated rings. The molecule has 4 nitrogen and oxygen atoms in total. The maximum atomic E-state index is 11.4. The minimum atomic E-state index is -0.164. The van der Waals surface area contributed by atoms with Crippen LogP contribution in [0.1, 0.15) is 64.7 Å². The van der Waals surface area contributed by atoms with Gasteiger partial charge in [-0.25, -0.2) is 0 Å². The van der Waals surface area contributed by atoms with Gasteiger partial charge in [-0.2, -0.15) is 0 Å². The highest BCUT2D eigenvalue weighted by atomic mass is 16.1. The molecule has 4 heteroatoms. The molecule has 0 aromatic carbocycles. The predicted molar refractivity (Wildman–Crippen MR) is 82.5 cm³/mol. The lowest BCUT2D eigenvalue weighted by Crippen LogP contribution is -2.49. The summed E-state index contributed by atoms with van der Waals surface area (Å²) in [6.45, 7) is 3.80. The molecule has 0 atom stereocenters. The second-order valence-corrected chi connectivity index (χ2v) is 6.54. The number of carbonyl (C=O) groups is 1. The Morgan fingerprint density at radius 1 is 1.10 bits per heavy atom. The van der Waals surface area contributed by atoms with E-state index in [1.807, 2.05) is 0 Å². The number of hydrogen-bond acceptors (Lipinski definition) is 3. The SMILES string of the molecule is CCCNC1CCC(N(CC(N)=O)C2CCCC2)CC1. The van der Waals surface area contributed by atoms with Crippen molar-refractivity contribution in [1.82, 2.24) is 10.2 Å². The molecule has 0 radical (unpaired) electrons. The van der Waals surface area contributed by atoms with Gasteiger partial charge in [0.15, 0.2) is 0 Å². The molecule has 3 N–H and O–H groups in total. The molecule has 0 aliphatic heterocycles. The third-order valence-electron chi connectivity index (χ3n) is 4.98. The van der Waals surface area contributed by atoms with Crippen LogP contribution in [0.15, 0.2) is 0 Å². The van der Waals surface area contributed by atoms with Gasteiger partial charge in [0, 0.05) is 18.1 Å². The smallest absolute Gasteiger partial charge is 0.231 e. The topological polar surface area (TPSA) is 58.4 Å². The van der Waals surface area contributed by atoms with Crippen molar-refractivity contribution in [2.75, 3.05) is 13.1 Å². The summed E-state index contributed by atoms with van der Waals surface area (Å²) in [5.41, 5.74) is 5.47. The van der Waals surface area contributed by atoms with Crippen molar-refractivity contribution in [2.24, 2.45) is 5.73 Å². The lowest BCUT2D eigenvalue weighted by molar-refractivity contribution is -0.120. The van der Waals surface area contributed by atoms with Crippen LogP contribution < -0.4 is 11.1 Å². The first-order valence-electron chi connectivity index (χ1n) is 8.48. The lowest BCUT2D eigenvalue weighted by Gasteiger charge is -2.40. The predicted octanol–water partition coefficient (Wildman–Crippen LogP) is 2.03. The van der Waals surface area contributed by atoms with Crippen molar-refractivity contribution in [1.29, 1.82) is 0 Å². The number of hydrogen-bond donors (Lipinski definition) is 2. The van der Waals surface area contributed by atoms with E-state index in [2.05, 4.69) is 17.1 Å². The quantitative estimate of drug-likeness (QED) is 0.750. The maximum absolute atomic E-state index is 11.4. The Kier molecular flexibility index (Phi) is 6.30. The first-order chi connectivity index (χ1) is 9.70. The zero-order valence-electron chi connectivity index (χ0n) is 12.9. The zero-order valence-corrected chi connectivity index (χ0v) is 12.9. The molecular weight excluding hydrogens is 250 g/mol. The molecule has 2 aliphatic carbocycles. The van der Waals surface area contributed by atoms with Crippen LogP contribution >= 0.6 is 0 Å². The van der Waals surface area contributed by atoms with Crippen LogP contribution in [-0.2, 0) is 4.79 Å². The van der Waals surface area contributed by atoms with Crippen molar-refractivity contribution < 1.29 is 4.79 Å². The lowest BCUT2D eigenvalue weighted by atomic mass is 9.89. The van der Waals surface area contributed by atoms with Crippen LogP contribution in [-0.4, -0.2) is 42.0 Å². The van der Waals surface area contributed by atoms with E-state index in [0.29, 0.717) is 24.7 Å². The number of nitrogens with zero attached hydrogens (tertiary/aromatic N) is 1. The van der Waals surface area contributed by atoms with Gasteiger partial charge in [0.1, 0.15) is 0 Å². The maximum Gasteiger partial charge on any atom is 0.231 e. The highest BCUT2D eigenvalue weighted by molar-refractivity contribution is 5.76. The molecule has 0 bridgehead atoms. The van der Waals surface area contributed by atoms with Crippen LogP contribution in [0.5, 0.6) is 0 Å². The van der Waals surface area contributed by atoms with Crippen LogP contribution in [0.3, 0.4) is 0 Å². The Labute approximate surface area is 123 Å². The van der Waals surface area contributed by atoms with Crippen molar-refractivity contribution in [2.45, 2.75) is 82.8 Å². The largest absolute Gasteiger partial charge is 0.369 e. The molecule has 0 unspecified atom stereocenters. The molecule has 1 amide bonds. The molecule has 2 saturated carbocycles. The summed E-state index contributed by atoms with van der Waals surface area (Å²) in [5, 5.41) is 3.63. The molecule has 0 spiro atoms. The summed E-state index contributed by atoms with van der Waals surface area (Å²) in [5.74, 6) is -0.164. The number of rotatable bonds is 7. The Hall–Kier alpha value is -0.610. The van der Waals surface area contributed by atoms with Gasteiger partial charge >= 0.3 is 0 Å². The Balaban J connectivity index is 1.85. The number of amides is 1. The van der Waals surface area contributed by atoms with Crippen LogP contribution in [0, 0.1) is 0 Å². The van der Waals surface area contributed by atoms with E-state index < -0.39 is 0 Å². The van der Waals surface area contributed by atoms with Gasteiger partial charge in [-0.3, -0.25) is 9.69 Å². The van der Waals surface area contributed by atoms with Crippen LogP contribution in [0.4, 0.5) is 0 Å². The number of nitrogens with one attached hydrogen (secondary N) is 1. The van der Waals surface area contributed by atoms with E-state index in [9.17, 15) is 4.79 Å². The average molecular weight is 281 g/mol. The van der Waals surface area contributed by atoms with Gasteiger partial charge in [0.25, 0.3) is 0 Å². The van der Waals surface area contributed by atoms with E-state index in [1.165, 1.54) is 57.8 Å². The molecular formula is C16H31N3O. The first-order valence-corrected chi connectivity index (χ1v) is 8.48. The van der Waals surface area contributed by atoms with Gasteiger partial charge < -0.3 is 11.1 Å². The van der Waals surface area contributed by atoms with Crippen LogP contribution in [0.2, 0.25) is 0 Å². The third-order valence-corrected chi connectivity index (χ3v) is 4.98. The zero-order chi connectivity index (χ0) is 14.4. The summed E-state index contributed by atoms with van der Waals surface area (Å²) in [4.78, 5) is 13.8. The highest BCUT2D eigenvalue weighted by Crippen LogP contribution is 2.30. The summed E-state index contributed by atoms with van der Waals surface area (Å²) >= 11 is 0. The van der Waals surface area contributed by atoms with E-state index in [0.717, 1.165) is 6.54 Å². The van der Waals surface area contributed by atoms with Crippen molar-refractivity contribution in [3.05, 3.63) is 0 Å². The van der Waals surface area contributed by atoms with E-state index in [1.54, 1.807) is 0 Å². The van der Waals surface area contributed by atoms with Gasteiger partial charge in [0.05, 0.1) is 6.54 Å². The monoisotopic (exact) mass is 281 g/mol. The fourth-order valence-electron chi connectivity index (χ4n) is 3.93. The Morgan fingerprint density at radius 3 is 2.25 bits per heavy atom. The average Bonchev–Trinajstić information content (AvgIpc) is 2.97. The molecule has 0 saturated heterocycles. The minimum Gasteiger partial charge on any atom is -0.369 e. The number of nitrogens with two attached hydrogens (primary N) is 1. The third kappa shape index (κ3) is 4.45. The molecule has 0 aromatic heterocycles. The van der Waals surface area contributed by atoms with Gasteiger partial charge in [-0.15, -0.1) is 0 Å². The van der Waals surface area contributed by atoms with Crippen LogP contribution in [0.25, 0.3) is 0 Å². The van der Waals surface area contributed by atoms with E-state index in [4.69, 9.17) is 5.73 Å². The highest BCUT2D eigenvalue weighted by Gasteiger charge is 2.32. The van der Waals surface area contributed by atoms with Gasteiger partial charge in [0.2, 0.25) is 5.91 Å². The number of primary amides is 1. The normalized spacial score (nSPS) is 28.1. The number of carbonyl (C=O) groups excluding carboxylic acids is 1. The van der Waals surface area contributed by atoms with Crippen molar-refractivity contribution in [3.8, 4) is 0 Å². The Bertz CT molecular complexity index is 294. The molecule has 2 rings (SSSR count). The Morgan fingerprint density at radius 2 is 1.70 bits per heavy atom. The first kappa shape index (κ1) is 15.8. The summed E-state index contributed by atoms with van der Waals surface area (Å²) < 4.78 is 0. The summed E-state index contributed by atoms with van der Waals surface area (Å²) in [6.07, 6.45) is 11.2. The molecule has 20 heavy (non-hydrogen) atoms. The fraction of sp³-hybridized carbons (Fsp3) is 0.938. The summed E-state index contributed by atoms with van der Waals surface area (Å²) in [7, 11) is 0. The fourth-order valence-corrected chi connectivity index (χ4v) is 3.93. The van der Waals surface area contributed by atoms with Gasteiger partial charge in [-0.1, -0.05) is 19.8 Å². The molecule has 0 aromatic rings. The van der Waals surface area contributed by atoms with E-state index >= 15 is 0 Å². The van der Waals surface area contributed by atoms with Crippen molar-refractivity contribution >= 4 is 5.91 Å². The van der Waals surface area contributed by atoms with Crippen molar-refractivity contribution in [3.63, 3.8) is 0 Å². The second-order valence-electron chi connectivity index (χ2n) is 6.54. The molecule has 2 aliphatic rings. The van der Waals surface area contributed by atoms with Gasteiger partial charge in [-0.05, 0) is 51.5 Å². The molecule has 0 heterocycles. The summed E-state index contributed by atoms with van der Waals surface area (Å²) in [6, 6.07) is 1.86. The minimum absolute atomic E-state index is 0.164.